The summed E-state index contributed by atoms with van der Waals surface area (Å²) in [5.74, 6) is 1.51. The molecule has 11 heteroatoms. The highest BCUT2D eigenvalue weighted by Gasteiger charge is 2.19. The van der Waals surface area contributed by atoms with Gasteiger partial charge in [-0.3, -0.25) is 0 Å². The molecule has 0 aliphatic heterocycles. The summed E-state index contributed by atoms with van der Waals surface area (Å²) in [5.41, 5.74) is 3.96. The Balaban J connectivity index is 1.42. The maximum Gasteiger partial charge on any atom is 0.264 e. The number of rotatable bonds is 7. The van der Waals surface area contributed by atoms with Gasteiger partial charge >= 0.3 is 0 Å². The highest BCUT2D eigenvalue weighted by Crippen LogP contribution is 2.38. The molecule has 0 amide bonds. The van der Waals surface area contributed by atoms with Gasteiger partial charge in [-0.1, -0.05) is 17.3 Å². The smallest absolute Gasteiger partial charge is 0.264 e. The monoisotopic (exact) mass is 507 g/mol. The molecule has 3 heterocycles. The molecule has 2 aromatic carbocycles. The van der Waals surface area contributed by atoms with Crippen molar-refractivity contribution in [3.63, 3.8) is 0 Å². The van der Waals surface area contributed by atoms with Crippen molar-refractivity contribution >= 4 is 49.0 Å². The van der Waals surface area contributed by atoms with E-state index in [2.05, 4.69) is 25.2 Å². The first-order valence-electron chi connectivity index (χ1n) is 10.5. The third-order valence-corrected chi connectivity index (χ3v) is 7.82. The quantitative estimate of drug-likeness (QED) is 0.296. The maximum absolute atomic E-state index is 12.8. The van der Waals surface area contributed by atoms with Crippen LogP contribution in [0.4, 0.5) is 17.4 Å². The van der Waals surface area contributed by atoms with E-state index in [0.717, 1.165) is 27.1 Å². The van der Waals surface area contributed by atoms with Crippen molar-refractivity contribution in [2.24, 2.45) is 0 Å². The Kier molecular flexibility index (Phi) is 5.87. The van der Waals surface area contributed by atoms with Crippen LogP contribution in [0.25, 0.3) is 21.3 Å². The standard InChI is InChI=1S/C24H21N5O4S2/c1-14-15(2)28-33-23(14)29-35(30,31)19-10-6-17(7-11-19)27-22-21-20(12-34-24(21)26-13-25-22)16-4-8-18(32-3)9-5-16/h4-13,29H,1-3H3,(H,25,26,27). The van der Waals surface area contributed by atoms with E-state index in [1.165, 1.54) is 29.8 Å². The molecule has 35 heavy (non-hydrogen) atoms. The van der Waals surface area contributed by atoms with Gasteiger partial charge in [-0.05, 0) is 55.8 Å². The lowest BCUT2D eigenvalue weighted by atomic mass is 10.1. The Bertz CT molecular complexity index is 1610. The van der Waals surface area contributed by atoms with Crippen LogP contribution in [0.3, 0.4) is 0 Å². The highest BCUT2D eigenvalue weighted by molar-refractivity contribution is 7.92. The van der Waals surface area contributed by atoms with E-state index in [9.17, 15) is 8.42 Å². The van der Waals surface area contributed by atoms with E-state index in [-0.39, 0.29) is 10.8 Å². The van der Waals surface area contributed by atoms with Crippen LogP contribution in [-0.2, 0) is 10.0 Å². The first-order valence-corrected chi connectivity index (χ1v) is 12.9. The van der Waals surface area contributed by atoms with Crippen LogP contribution in [0.5, 0.6) is 5.75 Å². The van der Waals surface area contributed by atoms with Crippen molar-refractivity contribution in [2.45, 2.75) is 18.7 Å². The van der Waals surface area contributed by atoms with Crippen LogP contribution >= 0.6 is 11.3 Å². The number of fused-ring (bicyclic) bond motifs is 1. The van der Waals surface area contributed by atoms with Gasteiger partial charge in [0.25, 0.3) is 10.0 Å². The molecule has 5 rings (SSSR count). The fourth-order valence-corrected chi connectivity index (χ4v) is 5.46. The van der Waals surface area contributed by atoms with Crippen LogP contribution in [0.15, 0.2) is 69.7 Å². The zero-order chi connectivity index (χ0) is 24.6. The molecule has 2 N–H and O–H groups in total. The van der Waals surface area contributed by atoms with Crippen LogP contribution in [-0.4, -0.2) is 30.7 Å². The number of benzene rings is 2. The van der Waals surface area contributed by atoms with E-state index < -0.39 is 10.0 Å². The molecule has 0 fully saturated rings. The molecule has 0 spiro atoms. The molecular weight excluding hydrogens is 486 g/mol. The summed E-state index contributed by atoms with van der Waals surface area (Å²) in [6.07, 6.45) is 1.50. The lowest BCUT2D eigenvalue weighted by Crippen LogP contribution is -2.13. The molecule has 9 nitrogen and oxygen atoms in total. The molecule has 0 aliphatic carbocycles. The average molecular weight is 508 g/mol. The number of hydrogen-bond donors (Lipinski definition) is 2. The number of sulfonamides is 1. The lowest BCUT2D eigenvalue weighted by molar-refractivity contribution is 0.415. The Morgan fingerprint density at radius 3 is 2.40 bits per heavy atom. The molecule has 0 saturated carbocycles. The lowest BCUT2D eigenvalue weighted by Gasteiger charge is -2.10. The fraction of sp³-hybridized carbons (Fsp3) is 0.125. The SMILES string of the molecule is COc1ccc(-c2csc3ncnc(Nc4ccc(S(=O)(=O)Nc5onc(C)c5C)cc4)c23)cc1. The normalized spacial score (nSPS) is 11.5. The Morgan fingerprint density at radius 1 is 1.00 bits per heavy atom. The predicted molar refractivity (Wildman–Crippen MR) is 136 cm³/mol. The number of nitrogens with one attached hydrogen (secondary N) is 2. The van der Waals surface area contributed by atoms with Gasteiger partial charge in [0.05, 0.1) is 23.1 Å². The van der Waals surface area contributed by atoms with Gasteiger partial charge in [0.2, 0.25) is 5.88 Å². The zero-order valence-electron chi connectivity index (χ0n) is 19.1. The summed E-state index contributed by atoms with van der Waals surface area (Å²) in [6.45, 7) is 3.48. The van der Waals surface area contributed by atoms with Crippen LogP contribution in [0.2, 0.25) is 0 Å². The third kappa shape index (κ3) is 4.43. The summed E-state index contributed by atoms with van der Waals surface area (Å²) in [4.78, 5) is 9.78. The summed E-state index contributed by atoms with van der Waals surface area (Å²) in [6, 6.07) is 14.2. The van der Waals surface area contributed by atoms with E-state index in [0.29, 0.717) is 22.8 Å². The van der Waals surface area contributed by atoms with E-state index in [1.807, 2.05) is 29.6 Å². The molecule has 178 valence electrons. The first kappa shape index (κ1) is 22.8. The molecule has 0 radical (unpaired) electrons. The molecular formula is C24H21N5O4S2. The van der Waals surface area contributed by atoms with Gasteiger partial charge in [0.15, 0.2) is 0 Å². The third-order valence-electron chi connectivity index (χ3n) is 5.58. The van der Waals surface area contributed by atoms with Crippen LogP contribution in [0, 0.1) is 13.8 Å². The van der Waals surface area contributed by atoms with E-state index in [4.69, 9.17) is 9.26 Å². The number of aryl methyl sites for hydroxylation is 1. The van der Waals surface area contributed by atoms with Crippen LogP contribution < -0.4 is 14.8 Å². The Labute approximate surface area is 205 Å². The highest BCUT2D eigenvalue weighted by atomic mass is 32.2. The second-order valence-electron chi connectivity index (χ2n) is 7.76. The van der Waals surface area contributed by atoms with Gasteiger partial charge in [-0.2, -0.15) is 0 Å². The van der Waals surface area contributed by atoms with Gasteiger partial charge in [0, 0.05) is 22.2 Å². The largest absolute Gasteiger partial charge is 0.497 e. The topological polar surface area (TPSA) is 119 Å². The van der Waals surface area contributed by atoms with Crippen molar-refractivity contribution in [3.8, 4) is 16.9 Å². The molecule has 0 unspecified atom stereocenters. The second-order valence-corrected chi connectivity index (χ2v) is 10.3. The number of anilines is 3. The minimum Gasteiger partial charge on any atom is -0.497 e. The summed E-state index contributed by atoms with van der Waals surface area (Å²) >= 11 is 1.53. The number of methoxy groups -OCH3 is 1. The van der Waals surface area contributed by atoms with Gasteiger partial charge in [0.1, 0.15) is 22.7 Å². The van der Waals surface area contributed by atoms with Crippen molar-refractivity contribution < 1.29 is 17.7 Å². The number of ether oxygens (including phenoxy) is 1. The minimum absolute atomic E-state index is 0.0961. The maximum atomic E-state index is 12.8. The summed E-state index contributed by atoms with van der Waals surface area (Å²) in [5, 5.41) is 10.0. The minimum atomic E-state index is -3.83. The summed E-state index contributed by atoms with van der Waals surface area (Å²) < 4.78 is 38.3. The van der Waals surface area contributed by atoms with Crippen molar-refractivity contribution in [3.05, 3.63) is 71.5 Å². The van der Waals surface area contributed by atoms with Gasteiger partial charge in [-0.25, -0.2) is 23.1 Å². The number of thiophene rings is 1. The summed E-state index contributed by atoms with van der Waals surface area (Å²) in [7, 11) is -2.20. The van der Waals surface area contributed by atoms with Gasteiger partial charge in [-0.15, -0.1) is 11.3 Å². The molecule has 5 aromatic rings. The first-order chi connectivity index (χ1) is 16.9. The molecule has 0 aliphatic rings. The van der Waals surface area contributed by atoms with Crippen LogP contribution in [0.1, 0.15) is 11.3 Å². The predicted octanol–water partition coefficient (Wildman–Crippen LogP) is 5.52. The van der Waals surface area contributed by atoms with E-state index >= 15 is 0 Å². The zero-order valence-corrected chi connectivity index (χ0v) is 20.7. The molecule has 0 atom stereocenters. The van der Waals surface area contributed by atoms with Crippen molar-refractivity contribution in [2.75, 3.05) is 17.1 Å². The fourth-order valence-electron chi connectivity index (χ4n) is 3.50. The van der Waals surface area contributed by atoms with Crippen molar-refractivity contribution in [1.82, 2.24) is 15.1 Å². The van der Waals surface area contributed by atoms with Crippen molar-refractivity contribution in [1.29, 1.82) is 0 Å². The Morgan fingerprint density at radius 2 is 1.74 bits per heavy atom. The molecule has 0 saturated heterocycles. The Hall–Kier alpha value is -3.96. The van der Waals surface area contributed by atoms with Gasteiger partial charge < -0.3 is 14.6 Å². The number of hydrogen-bond acceptors (Lipinski definition) is 9. The number of aromatic nitrogens is 3. The number of nitrogens with zero attached hydrogens (tertiary/aromatic N) is 3. The van der Waals surface area contributed by atoms with E-state index in [1.54, 1.807) is 33.1 Å². The average Bonchev–Trinajstić information content (AvgIpc) is 3.44. The molecule has 0 bridgehead atoms. The molecule has 3 aromatic heterocycles. The second kappa shape index (κ2) is 9.01.